The van der Waals surface area contributed by atoms with Crippen LogP contribution in [0, 0.1) is 5.92 Å². The summed E-state index contributed by atoms with van der Waals surface area (Å²) in [6.45, 7) is 4.98. The van der Waals surface area contributed by atoms with Gasteiger partial charge in [0.05, 0.1) is 16.1 Å². The zero-order chi connectivity index (χ0) is 14.7. The number of hydrogen-bond donors (Lipinski definition) is 2. The molecule has 21 heavy (non-hydrogen) atoms. The summed E-state index contributed by atoms with van der Waals surface area (Å²) in [7, 11) is 0. The van der Waals surface area contributed by atoms with Gasteiger partial charge in [-0.1, -0.05) is 29.3 Å². The van der Waals surface area contributed by atoms with Crippen LogP contribution in [-0.2, 0) is 4.79 Å². The van der Waals surface area contributed by atoms with Crippen molar-refractivity contribution in [3.63, 3.8) is 0 Å². The second-order valence-corrected chi connectivity index (χ2v) is 6.29. The molecule has 1 aliphatic rings. The minimum Gasteiger partial charge on any atom is -0.349 e. The third-order valence-electron chi connectivity index (χ3n) is 3.80. The molecular weight excluding hydrogens is 331 g/mol. The molecule has 1 unspecified atom stereocenters. The van der Waals surface area contributed by atoms with Crippen molar-refractivity contribution in [2.75, 3.05) is 6.54 Å². The molecule has 6 heteroatoms. The van der Waals surface area contributed by atoms with E-state index in [1.165, 1.54) is 0 Å². The minimum absolute atomic E-state index is 0. The molecule has 118 valence electrons. The first-order valence-electron chi connectivity index (χ1n) is 6.96. The Morgan fingerprint density at radius 2 is 2.10 bits per heavy atom. The van der Waals surface area contributed by atoms with Crippen LogP contribution in [0.15, 0.2) is 18.2 Å². The normalized spacial score (nSPS) is 23.0. The van der Waals surface area contributed by atoms with Crippen molar-refractivity contribution in [2.24, 2.45) is 5.92 Å². The molecule has 1 amide bonds. The third-order valence-corrected chi connectivity index (χ3v) is 4.54. The topological polar surface area (TPSA) is 41.1 Å². The molecule has 1 saturated heterocycles. The Hall–Kier alpha value is -0.480. The van der Waals surface area contributed by atoms with E-state index in [9.17, 15) is 4.79 Å². The average Bonchev–Trinajstić information content (AvgIpc) is 2.41. The van der Waals surface area contributed by atoms with E-state index in [0.717, 1.165) is 24.9 Å². The number of halogens is 3. The molecule has 2 N–H and O–H groups in total. The molecule has 2 rings (SSSR count). The zero-order valence-electron chi connectivity index (χ0n) is 12.2. The molecule has 1 aliphatic heterocycles. The van der Waals surface area contributed by atoms with Gasteiger partial charge in [-0.2, -0.15) is 0 Å². The molecule has 1 heterocycles. The molecule has 0 aromatic heterocycles. The van der Waals surface area contributed by atoms with Crippen molar-refractivity contribution in [2.45, 2.75) is 38.8 Å². The van der Waals surface area contributed by atoms with Gasteiger partial charge < -0.3 is 10.6 Å². The van der Waals surface area contributed by atoms with Gasteiger partial charge in [0.15, 0.2) is 0 Å². The predicted octanol–water partition coefficient (Wildman–Crippen LogP) is 3.98. The number of carbonyl (C=O) groups excluding carboxylic acids is 1. The zero-order valence-corrected chi connectivity index (χ0v) is 14.5. The first kappa shape index (κ1) is 18.6. The van der Waals surface area contributed by atoms with E-state index in [2.05, 4.69) is 17.6 Å². The summed E-state index contributed by atoms with van der Waals surface area (Å²) >= 11 is 11.9. The summed E-state index contributed by atoms with van der Waals surface area (Å²) in [5.74, 6) is 0.216. The van der Waals surface area contributed by atoms with Gasteiger partial charge in [0, 0.05) is 12.0 Å². The maximum atomic E-state index is 12.3. The summed E-state index contributed by atoms with van der Waals surface area (Å²) in [4.78, 5) is 12.3. The van der Waals surface area contributed by atoms with Crippen molar-refractivity contribution in [3.8, 4) is 0 Å². The van der Waals surface area contributed by atoms with Gasteiger partial charge in [0.1, 0.15) is 0 Å². The van der Waals surface area contributed by atoms with Crippen molar-refractivity contribution in [1.82, 2.24) is 10.6 Å². The fraction of sp³-hybridized carbons (Fsp3) is 0.533. The smallest absolute Gasteiger partial charge is 0.223 e. The number of amides is 1. The van der Waals surface area contributed by atoms with Gasteiger partial charge in [-0.3, -0.25) is 4.79 Å². The number of hydrogen-bond acceptors (Lipinski definition) is 2. The van der Waals surface area contributed by atoms with Crippen LogP contribution in [0.25, 0.3) is 0 Å². The van der Waals surface area contributed by atoms with Gasteiger partial charge in [0.25, 0.3) is 0 Å². The third kappa shape index (κ3) is 5.03. The highest BCUT2D eigenvalue weighted by atomic mass is 35.5. The van der Waals surface area contributed by atoms with E-state index < -0.39 is 0 Å². The lowest BCUT2D eigenvalue weighted by Gasteiger charge is -2.28. The summed E-state index contributed by atoms with van der Waals surface area (Å²) in [6, 6.07) is 5.79. The molecule has 0 aliphatic carbocycles. The maximum Gasteiger partial charge on any atom is 0.223 e. The Labute approximate surface area is 142 Å². The molecule has 3 atom stereocenters. The highest BCUT2D eigenvalue weighted by Gasteiger charge is 2.25. The Balaban J connectivity index is 0.00000220. The van der Waals surface area contributed by atoms with Crippen molar-refractivity contribution < 1.29 is 4.79 Å². The van der Waals surface area contributed by atoms with E-state index in [1.54, 1.807) is 12.1 Å². The van der Waals surface area contributed by atoms with E-state index in [0.29, 0.717) is 16.1 Å². The Bertz CT molecular complexity index is 496. The minimum atomic E-state index is -0.0672. The summed E-state index contributed by atoms with van der Waals surface area (Å²) < 4.78 is 0. The summed E-state index contributed by atoms with van der Waals surface area (Å²) in [5.41, 5.74) is 0.967. The van der Waals surface area contributed by atoms with Gasteiger partial charge >= 0.3 is 0 Å². The van der Waals surface area contributed by atoms with Gasteiger partial charge in [-0.05, 0) is 50.9 Å². The van der Waals surface area contributed by atoms with Crippen molar-refractivity contribution in [1.29, 1.82) is 0 Å². The number of piperidine rings is 1. The van der Waals surface area contributed by atoms with Crippen LogP contribution >= 0.6 is 35.6 Å². The highest BCUT2D eigenvalue weighted by molar-refractivity contribution is 6.42. The lowest BCUT2D eigenvalue weighted by Crippen LogP contribution is -2.42. The number of rotatable bonds is 3. The van der Waals surface area contributed by atoms with Crippen LogP contribution in [0.1, 0.15) is 38.3 Å². The van der Waals surface area contributed by atoms with Crippen LogP contribution < -0.4 is 10.6 Å². The first-order valence-corrected chi connectivity index (χ1v) is 7.71. The van der Waals surface area contributed by atoms with Gasteiger partial charge in [0.2, 0.25) is 5.91 Å². The quantitative estimate of drug-likeness (QED) is 0.865. The lowest BCUT2D eigenvalue weighted by molar-refractivity contribution is -0.126. The second-order valence-electron chi connectivity index (χ2n) is 5.48. The predicted molar refractivity (Wildman–Crippen MR) is 90.5 cm³/mol. The molecular formula is C15H21Cl3N2O. The van der Waals surface area contributed by atoms with E-state index >= 15 is 0 Å². The van der Waals surface area contributed by atoms with E-state index in [-0.39, 0.29) is 30.3 Å². The fourth-order valence-electron chi connectivity index (χ4n) is 2.57. The van der Waals surface area contributed by atoms with Crippen LogP contribution in [0.5, 0.6) is 0 Å². The monoisotopic (exact) mass is 350 g/mol. The largest absolute Gasteiger partial charge is 0.349 e. The summed E-state index contributed by atoms with van der Waals surface area (Å²) in [5, 5.41) is 7.46. The number of benzene rings is 1. The Morgan fingerprint density at radius 1 is 1.38 bits per heavy atom. The Morgan fingerprint density at radius 3 is 2.71 bits per heavy atom. The number of nitrogens with one attached hydrogen (secondary N) is 2. The second kappa shape index (κ2) is 8.23. The van der Waals surface area contributed by atoms with E-state index in [4.69, 9.17) is 23.2 Å². The van der Waals surface area contributed by atoms with Crippen molar-refractivity contribution in [3.05, 3.63) is 33.8 Å². The molecule has 0 spiro atoms. The SMILES string of the molecule is CC(NC(=O)[C@H]1CCN[C@@H](C)C1)c1ccc(Cl)c(Cl)c1.Cl. The lowest BCUT2D eigenvalue weighted by atomic mass is 9.92. The molecule has 0 radical (unpaired) electrons. The standard InChI is InChI=1S/C15H20Cl2N2O.ClH/c1-9-7-12(5-6-18-9)15(20)19-10(2)11-3-4-13(16)14(17)8-11;/h3-4,8-10,12,18H,5-7H2,1-2H3,(H,19,20);1H/t9-,10?,12-;/m0./s1. The van der Waals surface area contributed by atoms with Gasteiger partial charge in [-0.25, -0.2) is 0 Å². The van der Waals surface area contributed by atoms with E-state index in [1.807, 2.05) is 13.0 Å². The molecule has 0 bridgehead atoms. The van der Waals surface area contributed by atoms with Crippen LogP contribution in [0.3, 0.4) is 0 Å². The molecule has 1 fully saturated rings. The first-order chi connectivity index (χ1) is 9.47. The Kier molecular flexibility index (Phi) is 7.28. The molecule has 1 aromatic rings. The average molecular weight is 352 g/mol. The molecule has 0 saturated carbocycles. The van der Waals surface area contributed by atoms with Crippen LogP contribution in [0.2, 0.25) is 10.0 Å². The number of carbonyl (C=O) groups is 1. The van der Waals surface area contributed by atoms with Gasteiger partial charge in [-0.15, -0.1) is 12.4 Å². The fourth-order valence-corrected chi connectivity index (χ4v) is 2.87. The van der Waals surface area contributed by atoms with Crippen molar-refractivity contribution >= 4 is 41.5 Å². The molecule has 1 aromatic carbocycles. The van der Waals surface area contributed by atoms with Crippen LogP contribution in [-0.4, -0.2) is 18.5 Å². The molecule has 3 nitrogen and oxygen atoms in total. The van der Waals surface area contributed by atoms with Crippen LogP contribution in [0.4, 0.5) is 0 Å². The summed E-state index contributed by atoms with van der Waals surface area (Å²) in [6.07, 6.45) is 1.78. The highest BCUT2D eigenvalue weighted by Crippen LogP contribution is 2.26. The maximum absolute atomic E-state index is 12.3.